The molecule has 0 saturated carbocycles. The number of hydrogen-bond acceptors (Lipinski definition) is 3. The van der Waals surface area contributed by atoms with E-state index in [0.29, 0.717) is 22.1 Å². The van der Waals surface area contributed by atoms with Crippen LogP contribution in [0.25, 0.3) is 0 Å². The predicted molar refractivity (Wildman–Crippen MR) is 122 cm³/mol. The predicted octanol–water partition coefficient (Wildman–Crippen LogP) is 4.51. The molecule has 2 aromatic carbocycles. The lowest BCUT2D eigenvalue weighted by Crippen LogP contribution is -2.45. The van der Waals surface area contributed by atoms with Crippen LogP contribution in [0.4, 0.5) is 5.69 Å². The number of carbonyl (C=O) groups is 2. The topological polar surface area (TPSA) is 61.4 Å². The molecule has 1 saturated heterocycles. The highest BCUT2D eigenvalue weighted by molar-refractivity contribution is 6.30. The van der Waals surface area contributed by atoms with Gasteiger partial charge in [0.2, 0.25) is 0 Å². The Kier molecular flexibility index (Phi) is 7.38. The molecule has 3 rings (SSSR count). The second-order valence-electron chi connectivity index (χ2n) is 8.26. The van der Waals surface area contributed by atoms with Crippen molar-refractivity contribution in [2.75, 3.05) is 18.0 Å². The zero-order chi connectivity index (χ0) is 21.7. The fraction of sp³-hybridized carbons (Fsp3) is 0.417. The molecule has 30 heavy (non-hydrogen) atoms. The van der Waals surface area contributed by atoms with Gasteiger partial charge < -0.3 is 15.5 Å². The van der Waals surface area contributed by atoms with Gasteiger partial charge in [0.05, 0.1) is 5.56 Å². The number of hydrogen-bond donors (Lipinski definition) is 2. The van der Waals surface area contributed by atoms with Crippen LogP contribution in [-0.2, 0) is 0 Å². The Morgan fingerprint density at radius 3 is 2.23 bits per heavy atom. The maximum Gasteiger partial charge on any atom is 0.253 e. The first-order chi connectivity index (χ1) is 14.3. The maximum atomic E-state index is 12.8. The summed E-state index contributed by atoms with van der Waals surface area (Å²) in [5.41, 5.74) is 2.27. The van der Waals surface area contributed by atoms with E-state index in [1.807, 2.05) is 31.2 Å². The van der Waals surface area contributed by atoms with Crippen molar-refractivity contribution in [3.05, 3.63) is 64.7 Å². The van der Waals surface area contributed by atoms with Crippen LogP contribution >= 0.6 is 11.6 Å². The molecule has 0 aromatic heterocycles. The van der Waals surface area contributed by atoms with E-state index in [-0.39, 0.29) is 23.9 Å². The number of rotatable bonds is 6. The Bertz CT molecular complexity index is 874. The molecule has 160 valence electrons. The third-order valence-electron chi connectivity index (χ3n) is 5.78. The third kappa shape index (κ3) is 5.54. The number of benzene rings is 2. The fourth-order valence-electron chi connectivity index (χ4n) is 3.53. The number of halogens is 1. The Balaban J connectivity index is 1.60. The molecule has 2 N–H and O–H groups in total. The number of anilines is 1. The molecule has 2 aromatic rings. The van der Waals surface area contributed by atoms with E-state index in [1.54, 1.807) is 24.3 Å². The minimum Gasteiger partial charge on any atom is -0.371 e. The summed E-state index contributed by atoms with van der Waals surface area (Å²) in [5.74, 6) is 0.263. The van der Waals surface area contributed by atoms with E-state index in [0.717, 1.165) is 31.6 Å². The van der Waals surface area contributed by atoms with E-state index >= 15 is 0 Å². The summed E-state index contributed by atoms with van der Waals surface area (Å²) >= 11 is 5.89. The van der Waals surface area contributed by atoms with E-state index < -0.39 is 0 Å². The van der Waals surface area contributed by atoms with Crippen LogP contribution in [-0.4, -0.2) is 37.0 Å². The maximum absolute atomic E-state index is 12.8. The lowest BCUT2D eigenvalue weighted by Gasteiger charge is -2.35. The van der Waals surface area contributed by atoms with Gasteiger partial charge in [0.15, 0.2) is 0 Å². The minimum atomic E-state index is -0.0763. The second-order valence-corrected chi connectivity index (χ2v) is 8.70. The zero-order valence-electron chi connectivity index (χ0n) is 17.8. The number of carbonyl (C=O) groups excluding carboxylic acids is 2. The molecule has 2 amide bonds. The van der Waals surface area contributed by atoms with E-state index in [2.05, 4.69) is 29.4 Å². The first-order valence-electron chi connectivity index (χ1n) is 10.6. The SMILES string of the molecule is CC(C)[C@@H](C)NC(=O)c1ccccc1N1CCC(NC(=O)c2ccc(Cl)cc2)CC1. The molecule has 0 spiro atoms. The first kappa shape index (κ1) is 22.2. The van der Waals surface area contributed by atoms with Crippen LogP contribution in [0, 0.1) is 5.92 Å². The number of piperidine rings is 1. The molecule has 6 heteroatoms. The zero-order valence-corrected chi connectivity index (χ0v) is 18.6. The van der Waals surface area contributed by atoms with E-state index in [1.165, 1.54) is 0 Å². The van der Waals surface area contributed by atoms with Gasteiger partial charge in [-0.15, -0.1) is 0 Å². The molecule has 0 aliphatic carbocycles. The highest BCUT2D eigenvalue weighted by atomic mass is 35.5. The van der Waals surface area contributed by atoms with Crippen LogP contribution < -0.4 is 15.5 Å². The number of nitrogens with zero attached hydrogens (tertiary/aromatic N) is 1. The average molecular weight is 428 g/mol. The van der Waals surface area contributed by atoms with Crippen molar-refractivity contribution in [2.24, 2.45) is 5.92 Å². The first-order valence-corrected chi connectivity index (χ1v) is 10.9. The van der Waals surface area contributed by atoms with Crippen molar-refractivity contribution in [1.29, 1.82) is 0 Å². The van der Waals surface area contributed by atoms with Gasteiger partial charge in [0, 0.05) is 41.4 Å². The molecule has 0 bridgehead atoms. The molecular weight excluding hydrogens is 398 g/mol. The van der Waals surface area contributed by atoms with Gasteiger partial charge >= 0.3 is 0 Å². The summed E-state index contributed by atoms with van der Waals surface area (Å²) in [7, 11) is 0. The van der Waals surface area contributed by atoms with Gasteiger partial charge in [-0.1, -0.05) is 37.6 Å². The van der Waals surface area contributed by atoms with Crippen LogP contribution in [0.2, 0.25) is 5.02 Å². The molecule has 1 aliphatic rings. The number of amides is 2. The van der Waals surface area contributed by atoms with Crippen LogP contribution in [0.3, 0.4) is 0 Å². The molecule has 1 atom stereocenters. The van der Waals surface area contributed by atoms with Crippen LogP contribution in [0.15, 0.2) is 48.5 Å². The van der Waals surface area contributed by atoms with Crippen molar-refractivity contribution in [2.45, 2.75) is 45.7 Å². The Hall–Kier alpha value is -2.53. The molecule has 1 fully saturated rings. The summed E-state index contributed by atoms with van der Waals surface area (Å²) in [4.78, 5) is 27.5. The van der Waals surface area contributed by atoms with Crippen molar-refractivity contribution >= 4 is 29.1 Å². The summed E-state index contributed by atoms with van der Waals surface area (Å²) in [6.45, 7) is 7.80. The molecule has 1 heterocycles. The monoisotopic (exact) mass is 427 g/mol. The molecule has 5 nitrogen and oxygen atoms in total. The van der Waals surface area contributed by atoms with Crippen molar-refractivity contribution in [3.63, 3.8) is 0 Å². The Labute approximate surface area is 183 Å². The average Bonchev–Trinajstić information content (AvgIpc) is 2.74. The Morgan fingerprint density at radius 2 is 1.60 bits per heavy atom. The van der Waals surface area contributed by atoms with Gasteiger partial charge in [-0.3, -0.25) is 9.59 Å². The van der Waals surface area contributed by atoms with Gasteiger partial charge in [-0.25, -0.2) is 0 Å². The summed E-state index contributed by atoms with van der Waals surface area (Å²) in [5, 5.41) is 6.83. The van der Waals surface area contributed by atoms with Crippen LogP contribution in [0.5, 0.6) is 0 Å². The van der Waals surface area contributed by atoms with Crippen molar-refractivity contribution < 1.29 is 9.59 Å². The highest BCUT2D eigenvalue weighted by Crippen LogP contribution is 2.25. The lowest BCUT2D eigenvalue weighted by molar-refractivity contribution is 0.0925. The lowest BCUT2D eigenvalue weighted by atomic mass is 10.0. The highest BCUT2D eigenvalue weighted by Gasteiger charge is 2.24. The van der Waals surface area contributed by atoms with Crippen molar-refractivity contribution in [3.8, 4) is 0 Å². The molecule has 1 aliphatic heterocycles. The standard InChI is InChI=1S/C24H30ClN3O2/c1-16(2)17(3)26-24(30)21-6-4-5-7-22(21)28-14-12-20(13-15-28)27-23(29)18-8-10-19(25)11-9-18/h4-11,16-17,20H,12-15H2,1-3H3,(H,26,30)(H,27,29)/t17-/m1/s1. The number of nitrogens with one attached hydrogen (secondary N) is 2. The van der Waals surface area contributed by atoms with E-state index in [4.69, 9.17) is 11.6 Å². The quantitative estimate of drug-likeness (QED) is 0.712. The van der Waals surface area contributed by atoms with Crippen molar-refractivity contribution in [1.82, 2.24) is 10.6 Å². The summed E-state index contributed by atoms with van der Waals surface area (Å²) in [6, 6.07) is 14.9. The van der Waals surface area contributed by atoms with Gasteiger partial charge in [-0.2, -0.15) is 0 Å². The summed E-state index contributed by atoms with van der Waals surface area (Å²) in [6.07, 6.45) is 1.66. The molecule has 0 radical (unpaired) electrons. The van der Waals surface area contributed by atoms with Gasteiger partial charge in [-0.05, 0) is 62.1 Å². The second kappa shape index (κ2) is 9.98. The van der Waals surface area contributed by atoms with Crippen LogP contribution in [0.1, 0.15) is 54.3 Å². The smallest absolute Gasteiger partial charge is 0.253 e. The Morgan fingerprint density at radius 1 is 0.967 bits per heavy atom. The van der Waals surface area contributed by atoms with Gasteiger partial charge in [0.1, 0.15) is 0 Å². The van der Waals surface area contributed by atoms with E-state index in [9.17, 15) is 9.59 Å². The minimum absolute atomic E-state index is 0.0371. The normalized spacial score (nSPS) is 15.7. The number of para-hydroxylation sites is 1. The molecular formula is C24H30ClN3O2. The largest absolute Gasteiger partial charge is 0.371 e. The van der Waals surface area contributed by atoms with Gasteiger partial charge in [0.25, 0.3) is 11.8 Å². The molecule has 0 unspecified atom stereocenters. The fourth-order valence-corrected chi connectivity index (χ4v) is 3.65. The third-order valence-corrected chi connectivity index (χ3v) is 6.04. The summed E-state index contributed by atoms with van der Waals surface area (Å²) < 4.78 is 0.